The Morgan fingerprint density at radius 3 is 2.81 bits per heavy atom. The maximum absolute atomic E-state index is 12.5. The molecule has 0 aliphatic carbocycles. The van der Waals surface area contributed by atoms with Crippen LogP contribution in [-0.2, 0) is 9.53 Å². The molecule has 1 heterocycles. The standard InChI is InChI=1S/C20H15BrO5/c1-2-9-24-19(22)12-25-14-7-8-15-17(11-14)26-18(20(15)23)10-13-5-3-4-6-16(13)21/h2-8,10-11H,1,9,12H2. The molecule has 0 atom stereocenters. The largest absolute Gasteiger partial charge is 0.482 e. The van der Waals surface area contributed by atoms with Crippen molar-refractivity contribution in [2.45, 2.75) is 0 Å². The lowest BCUT2D eigenvalue weighted by molar-refractivity contribution is -0.144. The molecule has 1 aliphatic rings. The Morgan fingerprint density at radius 2 is 2.04 bits per heavy atom. The van der Waals surface area contributed by atoms with Crippen LogP contribution in [0.2, 0.25) is 0 Å². The van der Waals surface area contributed by atoms with Crippen LogP contribution in [0.15, 0.2) is 65.4 Å². The lowest BCUT2D eigenvalue weighted by Gasteiger charge is -2.06. The quantitative estimate of drug-likeness (QED) is 0.403. The summed E-state index contributed by atoms with van der Waals surface area (Å²) in [5, 5.41) is 0. The van der Waals surface area contributed by atoms with Crippen LogP contribution in [0.1, 0.15) is 15.9 Å². The Kier molecular flexibility index (Phi) is 5.53. The number of benzene rings is 2. The van der Waals surface area contributed by atoms with Gasteiger partial charge >= 0.3 is 5.97 Å². The van der Waals surface area contributed by atoms with Gasteiger partial charge in [-0.15, -0.1) is 0 Å². The van der Waals surface area contributed by atoms with Gasteiger partial charge in [0.25, 0.3) is 0 Å². The SMILES string of the molecule is C=CCOC(=O)COc1ccc2c(c1)OC(=Cc1ccccc1Br)C2=O. The summed E-state index contributed by atoms with van der Waals surface area (Å²) in [7, 11) is 0. The number of ether oxygens (including phenoxy) is 3. The third kappa shape index (κ3) is 4.03. The van der Waals surface area contributed by atoms with Crippen LogP contribution >= 0.6 is 15.9 Å². The number of allylic oxidation sites excluding steroid dienone is 1. The van der Waals surface area contributed by atoms with E-state index in [0.717, 1.165) is 10.0 Å². The molecule has 0 amide bonds. The van der Waals surface area contributed by atoms with E-state index in [1.165, 1.54) is 6.08 Å². The Hall–Kier alpha value is -2.86. The molecule has 0 radical (unpaired) electrons. The molecule has 0 spiro atoms. The third-order valence-electron chi connectivity index (χ3n) is 3.55. The monoisotopic (exact) mass is 414 g/mol. The molecule has 0 fully saturated rings. The highest BCUT2D eigenvalue weighted by Crippen LogP contribution is 2.35. The van der Waals surface area contributed by atoms with Gasteiger partial charge in [-0.2, -0.15) is 0 Å². The van der Waals surface area contributed by atoms with E-state index in [1.54, 1.807) is 24.3 Å². The summed E-state index contributed by atoms with van der Waals surface area (Å²) >= 11 is 3.44. The molecule has 2 aromatic carbocycles. The summed E-state index contributed by atoms with van der Waals surface area (Å²) < 4.78 is 16.7. The fourth-order valence-corrected chi connectivity index (χ4v) is 2.73. The Labute approximate surface area is 159 Å². The fraction of sp³-hybridized carbons (Fsp3) is 0.100. The van der Waals surface area contributed by atoms with Crippen LogP contribution in [0.25, 0.3) is 6.08 Å². The van der Waals surface area contributed by atoms with Crippen LogP contribution in [0.4, 0.5) is 0 Å². The molecule has 0 bridgehead atoms. The average Bonchev–Trinajstić information content (AvgIpc) is 2.95. The molecule has 1 aliphatic heterocycles. The van der Waals surface area contributed by atoms with Crippen molar-refractivity contribution in [3.8, 4) is 11.5 Å². The van der Waals surface area contributed by atoms with Crippen molar-refractivity contribution in [3.05, 3.63) is 76.5 Å². The molecule has 3 rings (SSSR count). The van der Waals surface area contributed by atoms with Crippen molar-refractivity contribution < 1.29 is 23.8 Å². The molecule has 132 valence electrons. The first-order chi connectivity index (χ1) is 12.6. The number of rotatable bonds is 6. The highest BCUT2D eigenvalue weighted by Gasteiger charge is 2.28. The molecule has 0 aromatic heterocycles. The number of carbonyl (C=O) groups excluding carboxylic acids is 2. The average molecular weight is 415 g/mol. The lowest BCUT2D eigenvalue weighted by atomic mass is 10.1. The van der Waals surface area contributed by atoms with Crippen molar-refractivity contribution in [3.63, 3.8) is 0 Å². The number of hydrogen-bond acceptors (Lipinski definition) is 5. The summed E-state index contributed by atoms with van der Waals surface area (Å²) in [6, 6.07) is 12.3. The van der Waals surface area contributed by atoms with Crippen molar-refractivity contribution in [1.29, 1.82) is 0 Å². The summed E-state index contributed by atoms with van der Waals surface area (Å²) in [6.07, 6.45) is 3.16. The topological polar surface area (TPSA) is 61.8 Å². The molecule has 5 nitrogen and oxygen atoms in total. The van der Waals surface area contributed by atoms with Crippen molar-refractivity contribution in [2.24, 2.45) is 0 Å². The minimum absolute atomic E-state index is 0.132. The second kappa shape index (κ2) is 8.01. The Balaban J connectivity index is 1.73. The van der Waals surface area contributed by atoms with E-state index in [-0.39, 0.29) is 24.8 Å². The zero-order chi connectivity index (χ0) is 18.5. The molecular formula is C20H15BrO5. The second-order valence-corrected chi connectivity index (χ2v) is 6.23. The smallest absolute Gasteiger partial charge is 0.344 e. The van der Waals surface area contributed by atoms with Gasteiger partial charge < -0.3 is 14.2 Å². The van der Waals surface area contributed by atoms with Crippen LogP contribution in [-0.4, -0.2) is 25.0 Å². The summed E-state index contributed by atoms with van der Waals surface area (Å²) in [5.41, 5.74) is 1.29. The van der Waals surface area contributed by atoms with Crippen molar-refractivity contribution in [2.75, 3.05) is 13.2 Å². The van der Waals surface area contributed by atoms with Crippen LogP contribution in [0.5, 0.6) is 11.5 Å². The summed E-state index contributed by atoms with van der Waals surface area (Å²) in [4.78, 5) is 23.9. The molecule has 6 heteroatoms. The molecule has 2 aromatic rings. The van der Waals surface area contributed by atoms with E-state index in [4.69, 9.17) is 14.2 Å². The summed E-state index contributed by atoms with van der Waals surface area (Å²) in [6.45, 7) is 3.36. The maximum atomic E-state index is 12.5. The van der Waals surface area contributed by atoms with Crippen LogP contribution in [0, 0.1) is 0 Å². The van der Waals surface area contributed by atoms with Crippen LogP contribution in [0.3, 0.4) is 0 Å². The van der Waals surface area contributed by atoms with Gasteiger partial charge in [-0.1, -0.05) is 46.8 Å². The van der Waals surface area contributed by atoms with E-state index in [0.29, 0.717) is 17.1 Å². The number of ketones is 1. The summed E-state index contributed by atoms with van der Waals surface area (Å²) in [5.74, 6) is 0.332. The normalized spacial score (nSPS) is 13.9. The highest BCUT2D eigenvalue weighted by atomic mass is 79.9. The number of halogens is 1. The third-order valence-corrected chi connectivity index (χ3v) is 4.27. The van der Waals surface area contributed by atoms with Crippen molar-refractivity contribution in [1.82, 2.24) is 0 Å². The molecular weight excluding hydrogens is 400 g/mol. The minimum Gasteiger partial charge on any atom is -0.482 e. The predicted octanol–water partition coefficient (Wildman–Crippen LogP) is 4.17. The molecule has 0 saturated heterocycles. The van der Waals surface area contributed by atoms with E-state index in [2.05, 4.69) is 22.5 Å². The molecule has 0 N–H and O–H groups in total. The predicted molar refractivity (Wildman–Crippen MR) is 100 cm³/mol. The number of esters is 1. The van der Waals surface area contributed by atoms with E-state index < -0.39 is 5.97 Å². The van der Waals surface area contributed by atoms with Gasteiger partial charge in [0.1, 0.15) is 18.1 Å². The van der Waals surface area contributed by atoms with Gasteiger partial charge in [0.15, 0.2) is 12.4 Å². The number of fused-ring (bicyclic) bond motifs is 1. The number of hydrogen-bond donors (Lipinski definition) is 0. The van der Waals surface area contributed by atoms with Crippen molar-refractivity contribution >= 4 is 33.8 Å². The van der Waals surface area contributed by atoms with Gasteiger partial charge in [-0.3, -0.25) is 4.79 Å². The zero-order valence-electron chi connectivity index (χ0n) is 13.7. The minimum atomic E-state index is -0.503. The Bertz CT molecular complexity index is 901. The van der Waals surface area contributed by atoms with E-state index in [9.17, 15) is 9.59 Å². The molecule has 0 unspecified atom stereocenters. The Morgan fingerprint density at radius 1 is 1.23 bits per heavy atom. The number of Topliss-reactive ketones (excluding diaryl/α,β-unsaturated/α-hetero) is 1. The van der Waals surface area contributed by atoms with E-state index >= 15 is 0 Å². The first-order valence-electron chi connectivity index (χ1n) is 7.80. The fourth-order valence-electron chi connectivity index (χ4n) is 2.33. The molecule has 26 heavy (non-hydrogen) atoms. The van der Waals surface area contributed by atoms with Gasteiger partial charge in [0.2, 0.25) is 5.78 Å². The van der Waals surface area contributed by atoms with E-state index in [1.807, 2.05) is 24.3 Å². The second-order valence-electron chi connectivity index (χ2n) is 5.38. The number of carbonyl (C=O) groups is 2. The highest BCUT2D eigenvalue weighted by molar-refractivity contribution is 9.10. The first kappa shape index (κ1) is 17.9. The first-order valence-corrected chi connectivity index (χ1v) is 8.60. The van der Waals surface area contributed by atoms with Gasteiger partial charge in [0, 0.05) is 10.5 Å². The van der Waals surface area contributed by atoms with Gasteiger partial charge in [-0.25, -0.2) is 4.79 Å². The van der Waals surface area contributed by atoms with Crippen LogP contribution < -0.4 is 9.47 Å². The maximum Gasteiger partial charge on any atom is 0.344 e. The lowest BCUT2D eigenvalue weighted by Crippen LogP contribution is -2.14. The molecule has 0 saturated carbocycles. The van der Waals surface area contributed by atoms with Gasteiger partial charge in [-0.05, 0) is 29.8 Å². The van der Waals surface area contributed by atoms with Gasteiger partial charge in [0.05, 0.1) is 5.56 Å². The zero-order valence-corrected chi connectivity index (χ0v) is 15.3.